The molecule has 0 fully saturated rings. The van der Waals surface area contributed by atoms with Crippen LogP contribution in [-0.4, -0.2) is 21.5 Å². The first kappa shape index (κ1) is 15.6. The van der Waals surface area contributed by atoms with Gasteiger partial charge in [0.15, 0.2) is 5.82 Å². The summed E-state index contributed by atoms with van der Waals surface area (Å²) < 4.78 is 0. The van der Waals surface area contributed by atoms with Crippen LogP contribution in [0, 0.1) is 26.7 Å². The second-order valence-corrected chi connectivity index (χ2v) is 5.99. The highest BCUT2D eigenvalue weighted by molar-refractivity contribution is 5.56. The minimum Gasteiger partial charge on any atom is -0.311 e. The van der Waals surface area contributed by atoms with E-state index in [1.54, 1.807) is 0 Å². The lowest BCUT2D eigenvalue weighted by atomic mass is 10.1. The molecule has 21 heavy (non-hydrogen) atoms. The van der Waals surface area contributed by atoms with E-state index in [1.165, 1.54) is 0 Å². The zero-order valence-corrected chi connectivity index (χ0v) is 13.6. The highest BCUT2D eigenvalue weighted by atomic mass is 14.9. The predicted octanol–water partition coefficient (Wildman–Crippen LogP) is 3.21. The van der Waals surface area contributed by atoms with E-state index in [1.807, 2.05) is 39.0 Å². The maximum Gasteiger partial charge on any atom is 0.159 e. The molecule has 0 atom stereocenters. The van der Waals surface area contributed by atoms with Crippen LogP contribution in [0.4, 0.5) is 0 Å². The van der Waals surface area contributed by atoms with Crippen LogP contribution in [0.5, 0.6) is 0 Å². The van der Waals surface area contributed by atoms with E-state index in [4.69, 9.17) is 0 Å². The third kappa shape index (κ3) is 4.60. The summed E-state index contributed by atoms with van der Waals surface area (Å²) in [6, 6.07) is 6.11. The van der Waals surface area contributed by atoms with Crippen molar-refractivity contribution in [3.63, 3.8) is 0 Å². The number of nitrogens with one attached hydrogen (secondary N) is 1. The molecule has 0 saturated heterocycles. The lowest BCUT2D eigenvalue weighted by Gasteiger charge is -2.10. The van der Waals surface area contributed by atoms with E-state index in [9.17, 15) is 0 Å². The van der Waals surface area contributed by atoms with Crippen molar-refractivity contribution in [1.82, 2.24) is 20.3 Å². The van der Waals surface area contributed by atoms with Gasteiger partial charge < -0.3 is 5.32 Å². The van der Waals surface area contributed by atoms with Gasteiger partial charge in [0.1, 0.15) is 0 Å². The lowest BCUT2D eigenvalue weighted by Crippen LogP contribution is -2.20. The van der Waals surface area contributed by atoms with Gasteiger partial charge in [-0.15, -0.1) is 0 Å². The first-order valence-corrected chi connectivity index (χ1v) is 7.45. The molecular weight excluding hydrogens is 260 g/mol. The van der Waals surface area contributed by atoms with Crippen LogP contribution < -0.4 is 5.32 Å². The fourth-order valence-electron chi connectivity index (χ4n) is 2.31. The highest BCUT2D eigenvalue weighted by Crippen LogP contribution is 2.18. The van der Waals surface area contributed by atoms with Crippen molar-refractivity contribution in [2.75, 3.05) is 6.54 Å². The van der Waals surface area contributed by atoms with Gasteiger partial charge in [-0.2, -0.15) is 0 Å². The van der Waals surface area contributed by atoms with Crippen LogP contribution in [0.2, 0.25) is 0 Å². The quantitative estimate of drug-likeness (QED) is 0.916. The molecule has 0 radical (unpaired) electrons. The molecule has 0 bridgehead atoms. The standard InChI is InChI=1S/C17H24N4/c1-11(2)9-18-10-16-8-14(5)20-17(21-16)15-6-12(3)19-13(4)7-15/h6-8,11,18H,9-10H2,1-5H3. The van der Waals surface area contributed by atoms with Crippen LogP contribution in [0.15, 0.2) is 18.2 Å². The molecule has 0 aliphatic carbocycles. The van der Waals surface area contributed by atoms with Gasteiger partial charge in [-0.3, -0.25) is 4.98 Å². The molecule has 2 rings (SSSR count). The fourth-order valence-corrected chi connectivity index (χ4v) is 2.31. The van der Waals surface area contributed by atoms with E-state index in [0.29, 0.717) is 5.92 Å². The van der Waals surface area contributed by atoms with Gasteiger partial charge in [0.25, 0.3) is 0 Å². The van der Waals surface area contributed by atoms with Gasteiger partial charge in [0.05, 0.1) is 5.69 Å². The summed E-state index contributed by atoms with van der Waals surface area (Å²) in [6.45, 7) is 12.2. The van der Waals surface area contributed by atoms with Crippen molar-refractivity contribution in [2.24, 2.45) is 5.92 Å². The Hall–Kier alpha value is -1.81. The molecule has 0 aromatic carbocycles. The van der Waals surface area contributed by atoms with E-state index in [0.717, 1.165) is 47.3 Å². The molecule has 2 heterocycles. The summed E-state index contributed by atoms with van der Waals surface area (Å²) in [5.74, 6) is 1.42. The molecule has 4 heteroatoms. The molecule has 1 N–H and O–H groups in total. The number of nitrogens with zero attached hydrogens (tertiary/aromatic N) is 3. The van der Waals surface area contributed by atoms with Crippen LogP contribution in [-0.2, 0) is 6.54 Å². The molecule has 2 aromatic heterocycles. The van der Waals surface area contributed by atoms with Crippen molar-refractivity contribution in [3.05, 3.63) is 41.0 Å². The Morgan fingerprint density at radius 1 is 0.905 bits per heavy atom. The molecule has 0 spiro atoms. The molecule has 0 amide bonds. The number of hydrogen-bond acceptors (Lipinski definition) is 4. The maximum absolute atomic E-state index is 4.68. The van der Waals surface area contributed by atoms with Gasteiger partial charge in [-0.05, 0) is 51.4 Å². The first-order valence-electron chi connectivity index (χ1n) is 7.45. The number of hydrogen-bond donors (Lipinski definition) is 1. The molecule has 0 aliphatic heterocycles. The molecule has 0 aliphatic rings. The molecule has 0 saturated carbocycles. The Morgan fingerprint density at radius 2 is 1.52 bits per heavy atom. The number of pyridine rings is 1. The summed E-state index contributed by atoms with van der Waals surface area (Å²) in [5.41, 5.74) is 5.05. The number of aryl methyl sites for hydroxylation is 3. The van der Waals surface area contributed by atoms with Crippen molar-refractivity contribution < 1.29 is 0 Å². The summed E-state index contributed by atoms with van der Waals surface area (Å²) in [4.78, 5) is 13.7. The van der Waals surface area contributed by atoms with Crippen LogP contribution >= 0.6 is 0 Å². The van der Waals surface area contributed by atoms with Crippen molar-refractivity contribution in [1.29, 1.82) is 0 Å². The van der Waals surface area contributed by atoms with Gasteiger partial charge in [-0.25, -0.2) is 9.97 Å². The highest BCUT2D eigenvalue weighted by Gasteiger charge is 2.07. The minimum absolute atomic E-state index is 0.637. The van der Waals surface area contributed by atoms with E-state index >= 15 is 0 Å². The second kappa shape index (κ2) is 6.76. The van der Waals surface area contributed by atoms with Gasteiger partial charge in [0, 0.05) is 29.2 Å². The van der Waals surface area contributed by atoms with Gasteiger partial charge in [0.2, 0.25) is 0 Å². The fraction of sp³-hybridized carbons (Fsp3) is 0.471. The Morgan fingerprint density at radius 3 is 2.14 bits per heavy atom. The third-order valence-electron chi connectivity index (χ3n) is 3.11. The summed E-state index contributed by atoms with van der Waals surface area (Å²) in [5, 5.41) is 3.43. The summed E-state index contributed by atoms with van der Waals surface area (Å²) in [6.07, 6.45) is 0. The van der Waals surface area contributed by atoms with Crippen LogP contribution in [0.3, 0.4) is 0 Å². The first-order chi connectivity index (χ1) is 9.94. The van der Waals surface area contributed by atoms with Crippen molar-refractivity contribution >= 4 is 0 Å². The maximum atomic E-state index is 4.68. The smallest absolute Gasteiger partial charge is 0.159 e. The summed E-state index contributed by atoms with van der Waals surface area (Å²) in [7, 11) is 0. The van der Waals surface area contributed by atoms with E-state index in [-0.39, 0.29) is 0 Å². The molecular formula is C17H24N4. The lowest BCUT2D eigenvalue weighted by molar-refractivity contribution is 0.548. The zero-order valence-electron chi connectivity index (χ0n) is 13.6. The topological polar surface area (TPSA) is 50.7 Å². The van der Waals surface area contributed by atoms with E-state index in [2.05, 4.69) is 34.1 Å². The van der Waals surface area contributed by atoms with Crippen LogP contribution in [0.25, 0.3) is 11.4 Å². The summed E-state index contributed by atoms with van der Waals surface area (Å²) >= 11 is 0. The average Bonchev–Trinajstić information content (AvgIpc) is 2.36. The Balaban J connectivity index is 2.25. The van der Waals surface area contributed by atoms with Gasteiger partial charge in [-0.1, -0.05) is 13.8 Å². The Kier molecular flexibility index (Phi) is 5.02. The average molecular weight is 284 g/mol. The second-order valence-electron chi connectivity index (χ2n) is 5.99. The minimum atomic E-state index is 0.637. The SMILES string of the molecule is Cc1cc(-c2nc(C)cc(CNCC(C)C)n2)cc(C)n1. The van der Waals surface area contributed by atoms with Crippen LogP contribution in [0.1, 0.15) is 36.6 Å². The Labute approximate surface area is 127 Å². The third-order valence-corrected chi connectivity index (χ3v) is 3.11. The molecule has 4 nitrogen and oxygen atoms in total. The Bertz CT molecular complexity index is 600. The molecule has 0 unspecified atom stereocenters. The predicted molar refractivity (Wildman–Crippen MR) is 86.0 cm³/mol. The molecule has 2 aromatic rings. The van der Waals surface area contributed by atoms with Crippen molar-refractivity contribution in [2.45, 2.75) is 41.2 Å². The largest absolute Gasteiger partial charge is 0.311 e. The van der Waals surface area contributed by atoms with Gasteiger partial charge >= 0.3 is 0 Å². The number of rotatable bonds is 5. The molecule has 112 valence electrons. The van der Waals surface area contributed by atoms with Crippen molar-refractivity contribution in [3.8, 4) is 11.4 Å². The number of aromatic nitrogens is 3. The zero-order chi connectivity index (χ0) is 15.4. The normalized spacial score (nSPS) is 11.1. The van der Waals surface area contributed by atoms with E-state index < -0.39 is 0 Å². The monoisotopic (exact) mass is 284 g/mol.